The molecular formula is C49H52ClFN6O6S2. The normalized spacial score (nSPS) is 14.0. The molecule has 8 rings (SSSR count). The van der Waals surface area contributed by atoms with Crippen molar-refractivity contribution >= 4 is 59.5 Å². The number of aromatic nitrogens is 4. The van der Waals surface area contributed by atoms with Crippen molar-refractivity contribution in [3.05, 3.63) is 139 Å². The van der Waals surface area contributed by atoms with Gasteiger partial charge in [-0.2, -0.15) is 13.5 Å². The Hall–Kier alpha value is -5.29. The van der Waals surface area contributed by atoms with Crippen molar-refractivity contribution < 1.29 is 32.9 Å². The number of Topliss-reactive ketones (excluding diaryl/α,β-unsaturated/α-hetero) is 2. The number of hydrogen-bond acceptors (Lipinski definition) is 12. The van der Waals surface area contributed by atoms with Crippen LogP contribution in [-0.2, 0) is 43.1 Å². The first kappa shape index (κ1) is 47.7. The molecule has 0 bridgehead atoms. The van der Waals surface area contributed by atoms with Gasteiger partial charge in [0.05, 0.1) is 45.4 Å². The highest BCUT2D eigenvalue weighted by molar-refractivity contribution is 7.59. The maximum Gasteiger partial charge on any atom is 0.163 e. The minimum absolute atomic E-state index is 0. The first-order valence-corrected chi connectivity index (χ1v) is 22.6. The molecule has 1 aliphatic carbocycles. The molecule has 0 fully saturated rings. The molecule has 0 unspecified atom stereocenters. The van der Waals surface area contributed by atoms with E-state index < -0.39 is 6.04 Å². The van der Waals surface area contributed by atoms with Crippen molar-refractivity contribution in [1.29, 1.82) is 0 Å². The molecule has 340 valence electrons. The summed E-state index contributed by atoms with van der Waals surface area (Å²) in [6.07, 6.45) is 2.61. The number of aryl methyl sites for hydroxylation is 3. The summed E-state index contributed by atoms with van der Waals surface area (Å²) in [5.74, 6) is 2.57. The molecule has 3 aromatic heterocycles. The highest BCUT2D eigenvalue weighted by Gasteiger charge is 2.32. The predicted molar refractivity (Wildman–Crippen MR) is 257 cm³/mol. The number of aliphatic imine (C=N–C) groups is 1. The summed E-state index contributed by atoms with van der Waals surface area (Å²) >= 11 is 7.93. The highest BCUT2D eigenvalue weighted by atomic mass is 35.5. The molecule has 0 spiro atoms. The van der Waals surface area contributed by atoms with Crippen LogP contribution in [0.15, 0.2) is 77.9 Å². The number of ketones is 2. The molecule has 0 saturated heterocycles. The van der Waals surface area contributed by atoms with Crippen molar-refractivity contribution in [2.24, 2.45) is 4.99 Å². The van der Waals surface area contributed by atoms with Crippen LogP contribution in [0.4, 0.5) is 10.2 Å². The molecule has 12 nitrogen and oxygen atoms in total. The third-order valence-electron chi connectivity index (χ3n) is 11.4. The average molecular weight is 940 g/mol. The highest BCUT2D eigenvalue weighted by Crippen LogP contribution is 2.40. The third kappa shape index (κ3) is 11.4. The Bertz CT molecular complexity index is 2690. The summed E-state index contributed by atoms with van der Waals surface area (Å²) in [4.78, 5) is 36.3. The molecular weight excluding hydrogens is 887 g/mol. The van der Waals surface area contributed by atoms with Crippen molar-refractivity contribution in [2.75, 3.05) is 58.1 Å². The number of anilines is 1. The largest absolute Gasteiger partial charge is 0.491 e. The van der Waals surface area contributed by atoms with Gasteiger partial charge in [0.2, 0.25) is 0 Å². The molecule has 1 atom stereocenters. The summed E-state index contributed by atoms with van der Waals surface area (Å²) in [5, 5.41) is 13.8. The second kappa shape index (κ2) is 21.8. The quantitative estimate of drug-likeness (QED) is 0.0739. The van der Waals surface area contributed by atoms with Crippen molar-refractivity contribution in [2.45, 2.75) is 59.4 Å². The SMILES string of the molecule is Cc1cc(NCCOCCOCCOCCOc2ccc(CC(=O)C[C@@H]3N=C(c4ccc(Cl)cc4)c4c(sc(C)c4C)-n4c(C)nnc43)cc2)ncc1-c1cc(F)c2c(c1)CC(=O)C2.S. The molecule has 4 heterocycles. The van der Waals surface area contributed by atoms with Crippen LogP contribution in [0.5, 0.6) is 5.75 Å². The smallest absolute Gasteiger partial charge is 0.163 e. The van der Waals surface area contributed by atoms with Crippen LogP contribution in [0.25, 0.3) is 16.1 Å². The van der Waals surface area contributed by atoms with Crippen LogP contribution in [0.3, 0.4) is 0 Å². The number of thiophene rings is 1. The Kier molecular flexibility index (Phi) is 16.0. The number of nitrogens with zero attached hydrogens (tertiary/aromatic N) is 5. The number of benzene rings is 3. The Labute approximate surface area is 394 Å². The maximum atomic E-state index is 14.6. The first-order chi connectivity index (χ1) is 31.0. The van der Waals surface area contributed by atoms with Crippen molar-refractivity contribution in [3.63, 3.8) is 0 Å². The number of carbonyl (C=O) groups excluding carboxylic acids is 2. The zero-order chi connectivity index (χ0) is 44.7. The fourth-order valence-electron chi connectivity index (χ4n) is 7.99. The first-order valence-electron chi connectivity index (χ1n) is 21.4. The van der Waals surface area contributed by atoms with Gasteiger partial charge in [0.1, 0.15) is 52.4 Å². The van der Waals surface area contributed by atoms with Crippen LogP contribution < -0.4 is 10.1 Å². The molecule has 16 heteroatoms. The number of nitrogens with one attached hydrogen (secondary N) is 1. The summed E-state index contributed by atoms with van der Waals surface area (Å²) in [7, 11) is 0. The molecule has 1 aliphatic heterocycles. The van der Waals surface area contributed by atoms with Gasteiger partial charge < -0.3 is 24.3 Å². The van der Waals surface area contributed by atoms with E-state index in [0.717, 1.165) is 61.0 Å². The standard InChI is InChI=1S/C49H50ClFN6O6S.H2S/c1-29-21-45(53-28-42(29)36-23-35-24-39(59)26-41(35)43(51)25-36)52-13-14-60-15-16-61-17-18-62-19-20-63-40-11-5-33(6-12-40)22-38(58)27-44-48-56-55-32(4)57(48)49-46(30(2)31(3)64-49)47(54-44)34-7-9-37(50)10-8-34;/h5-12,21,23,25,28,44H,13-20,22,24,26-27H2,1-4H3,(H,52,53);1H2/t44-;/m0./s1. The average Bonchev–Trinajstić information content (AvgIpc) is 3.92. The fraction of sp³-hybridized carbons (Fsp3) is 0.347. The third-order valence-corrected chi connectivity index (χ3v) is 12.8. The Balaban J connectivity index is 0.00000630. The van der Waals surface area contributed by atoms with Gasteiger partial charge in [-0.3, -0.25) is 19.1 Å². The number of hydrogen-bond donors (Lipinski definition) is 1. The minimum Gasteiger partial charge on any atom is -0.491 e. The number of halogens is 2. The Morgan fingerprint density at radius 1 is 0.877 bits per heavy atom. The van der Waals surface area contributed by atoms with E-state index in [2.05, 4.69) is 38.9 Å². The van der Waals surface area contributed by atoms with E-state index in [1.165, 1.54) is 10.9 Å². The lowest BCUT2D eigenvalue weighted by Gasteiger charge is -2.13. The molecule has 65 heavy (non-hydrogen) atoms. The molecule has 2 aliphatic rings. The molecule has 0 radical (unpaired) electrons. The number of rotatable bonds is 20. The minimum atomic E-state index is -0.513. The van der Waals surface area contributed by atoms with E-state index in [4.69, 9.17) is 35.5 Å². The molecule has 6 aromatic rings. The van der Waals surface area contributed by atoms with E-state index in [-0.39, 0.29) is 56.6 Å². The maximum absolute atomic E-state index is 14.6. The summed E-state index contributed by atoms with van der Waals surface area (Å²) in [5.41, 5.74) is 8.62. The van der Waals surface area contributed by atoms with Crippen LogP contribution in [-0.4, -0.2) is 89.8 Å². The number of pyridine rings is 1. The molecule has 1 N–H and O–H groups in total. The summed E-state index contributed by atoms with van der Waals surface area (Å²) in [6.45, 7) is 11.7. The van der Waals surface area contributed by atoms with Gasteiger partial charge >= 0.3 is 0 Å². The monoisotopic (exact) mass is 938 g/mol. The van der Waals surface area contributed by atoms with Gasteiger partial charge in [0.25, 0.3) is 0 Å². The second-order valence-corrected chi connectivity index (χ2v) is 17.6. The lowest BCUT2D eigenvalue weighted by Crippen LogP contribution is -2.15. The molecule has 3 aromatic carbocycles. The lowest BCUT2D eigenvalue weighted by molar-refractivity contribution is -0.119. The van der Waals surface area contributed by atoms with Gasteiger partial charge in [0, 0.05) is 65.0 Å². The van der Waals surface area contributed by atoms with E-state index in [1.54, 1.807) is 17.5 Å². The van der Waals surface area contributed by atoms with Crippen LogP contribution in [0.1, 0.15) is 67.9 Å². The number of fused-ring (bicyclic) bond motifs is 4. The van der Waals surface area contributed by atoms with E-state index in [1.807, 2.05) is 74.5 Å². The van der Waals surface area contributed by atoms with Crippen molar-refractivity contribution in [3.8, 4) is 21.9 Å². The van der Waals surface area contributed by atoms with Gasteiger partial charge in [-0.15, -0.1) is 21.5 Å². The fourth-order valence-corrected chi connectivity index (χ4v) is 9.33. The van der Waals surface area contributed by atoms with Gasteiger partial charge in [0.15, 0.2) is 5.82 Å². The lowest BCUT2D eigenvalue weighted by atomic mass is 9.98. The van der Waals surface area contributed by atoms with Crippen LogP contribution >= 0.6 is 36.4 Å². The van der Waals surface area contributed by atoms with E-state index in [0.29, 0.717) is 80.8 Å². The number of carbonyl (C=O) groups is 2. The van der Waals surface area contributed by atoms with Gasteiger partial charge in [-0.05, 0) is 97.5 Å². The van der Waals surface area contributed by atoms with Crippen LogP contribution in [0.2, 0.25) is 5.02 Å². The predicted octanol–water partition coefficient (Wildman–Crippen LogP) is 8.83. The topological polar surface area (TPSA) is 139 Å². The van der Waals surface area contributed by atoms with E-state index >= 15 is 0 Å². The van der Waals surface area contributed by atoms with Crippen molar-refractivity contribution in [1.82, 2.24) is 19.7 Å². The second-order valence-electron chi connectivity index (χ2n) is 16.0. The zero-order valence-corrected chi connectivity index (χ0v) is 39.4. The summed E-state index contributed by atoms with van der Waals surface area (Å²) in [6, 6.07) is 20.0. The van der Waals surface area contributed by atoms with Gasteiger partial charge in [-0.1, -0.05) is 41.9 Å². The Morgan fingerprint density at radius 2 is 1.58 bits per heavy atom. The number of ether oxygens (including phenoxy) is 4. The zero-order valence-electron chi connectivity index (χ0n) is 36.8. The Morgan fingerprint density at radius 3 is 2.31 bits per heavy atom. The molecule has 0 saturated carbocycles. The van der Waals surface area contributed by atoms with E-state index in [9.17, 15) is 14.0 Å². The van der Waals surface area contributed by atoms with Crippen LogP contribution in [0, 0.1) is 33.5 Å². The molecule has 0 amide bonds. The summed E-state index contributed by atoms with van der Waals surface area (Å²) < 4.78 is 39.5. The van der Waals surface area contributed by atoms with Gasteiger partial charge in [-0.25, -0.2) is 9.37 Å².